The Balaban J connectivity index is 0.000000151. The summed E-state index contributed by atoms with van der Waals surface area (Å²) in [5.41, 5.74) is 0. The van der Waals surface area contributed by atoms with E-state index in [1.54, 1.807) is 11.3 Å². The lowest BCUT2D eigenvalue weighted by atomic mass is 10.6. The summed E-state index contributed by atoms with van der Waals surface area (Å²) in [6.07, 6.45) is 0. The van der Waals surface area contributed by atoms with Crippen LogP contribution in [-0.4, -0.2) is 0 Å². The van der Waals surface area contributed by atoms with Crippen LogP contribution in [0.1, 0.15) is 0 Å². The summed E-state index contributed by atoms with van der Waals surface area (Å²) in [5.74, 6) is -2.50. The predicted molar refractivity (Wildman–Crippen MR) is 63.9 cm³/mol. The zero-order valence-corrected chi connectivity index (χ0v) is 11.7. The van der Waals surface area contributed by atoms with E-state index in [0.29, 0.717) is 11.3 Å². The second kappa shape index (κ2) is 6.03. The molecule has 0 radical (unpaired) electrons. The smallest absolute Gasteiger partial charge is 0.203 e. The Hall–Kier alpha value is 0.150. The fraction of sp³-hybridized carbons (Fsp3) is 0. The largest absolute Gasteiger partial charge is 0.215 e. The minimum absolute atomic E-state index is 0.414. The van der Waals surface area contributed by atoms with Gasteiger partial charge in [0.1, 0.15) is 0 Å². The molecule has 0 spiro atoms. The van der Waals surface area contributed by atoms with E-state index >= 15 is 0 Å². The summed E-state index contributed by atoms with van der Waals surface area (Å²) in [5, 5.41) is 1.72. The third kappa shape index (κ3) is 4.26. The van der Waals surface area contributed by atoms with Crippen molar-refractivity contribution in [3.8, 4) is 0 Å². The first kappa shape index (κ1) is 13.2. The van der Waals surface area contributed by atoms with E-state index in [-0.39, 0.29) is 0 Å². The van der Waals surface area contributed by atoms with E-state index in [4.69, 9.17) is 0 Å². The van der Waals surface area contributed by atoms with Crippen LogP contribution in [0.3, 0.4) is 0 Å². The molecule has 0 unspecified atom stereocenters. The molecule has 82 valence electrons. The normalized spacial score (nSPS) is 9.67. The van der Waals surface area contributed by atoms with E-state index < -0.39 is 16.8 Å². The van der Waals surface area contributed by atoms with Gasteiger partial charge < -0.3 is 0 Å². The standard InChI is InChI=1S/C4H2Br2S.C4HF3S/c5-3-1-4(6)7-2-3;5-2-1-8-4(7)3(2)6/h1-2H;1H. The van der Waals surface area contributed by atoms with Gasteiger partial charge in [0.2, 0.25) is 10.9 Å². The van der Waals surface area contributed by atoms with Gasteiger partial charge in [0.25, 0.3) is 0 Å². The van der Waals surface area contributed by atoms with Crippen LogP contribution in [-0.2, 0) is 0 Å². The number of hydrogen-bond donors (Lipinski definition) is 0. The molecule has 7 heteroatoms. The average Bonchev–Trinajstić information content (AvgIpc) is 2.68. The van der Waals surface area contributed by atoms with E-state index in [1.165, 1.54) is 3.79 Å². The first-order chi connectivity index (χ1) is 7.00. The van der Waals surface area contributed by atoms with Crippen molar-refractivity contribution < 1.29 is 13.2 Å². The van der Waals surface area contributed by atoms with Gasteiger partial charge in [-0.15, -0.1) is 22.7 Å². The molecule has 2 aromatic heterocycles. The van der Waals surface area contributed by atoms with Crippen molar-refractivity contribution >= 4 is 54.5 Å². The molecule has 15 heavy (non-hydrogen) atoms. The monoisotopic (exact) mass is 378 g/mol. The molecule has 0 bridgehead atoms. The highest BCUT2D eigenvalue weighted by atomic mass is 79.9. The van der Waals surface area contributed by atoms with Crippen molar-refractivity contribution in [3.63, 3.8) is 0 Å². The third-order valence-electron chi connectivity index (χ3n) is 1.18. The Morgan fingerprint density at radius 3 is 1.80 bits per heavy atom. The Morgan fingerprint density at radius 2 is 1.67 bits per heavy atom. The summed E-state index contributed by atoms with van der Waals surface area (Å²) < 4.78 is 37.5. The van der Waals surface area contributed by atoms with Gasteiger partial charge in [0.15, 0.2) is 5.82 Å². The minimum Gasteiger partial charge on any atom is -0.203 e. The average molecular weight is 380 g/mol. The molecular formula is C8H3Br2F3S2. The number of halogens is 5. The van der Waals surface area contributed by atoms with E-state index in [2.05, 4.69) is 31.9 Å². The van der Waals surface area contributed by atoms with Crippen molar-refractivity contribution in [2.75, 3.05) is 0 Å². The van der Waals surface area contributed by atoms with Crippen molar-refractivity contribution in [2.24, 2.45) is 0 Å². The second-order valence-corrected chi connectivity index (χ2v) is 6.28. The van der Waals surface area contributed by atoms with Crippen molar-refractivity contribution in [2.45, 2.75) is 0 Å². The molecule has 0 nitrogen and oxygen atoms in total. The first-order valence-electron chi connectivity index (χ1n) is 3.48. The van der Waals surface area contributed by atoms with Gasteiger partial charge >= 0.3 is 0 Å². The van der Waals surface area contributed by atoms with Crippen molar-refractivity contribution in [1.82, 2.24) is 0 Å². The maximum Gasteiger partial charge on any atom is 0.215 e. The van der Waals surface area contributed by atoms with Crippen LogP contribution in [0.2, 0.25) is 0 Å². The fourth-order valence-corrected chi connectivity index (χ4v) is 3.08. The van der Waals surface area contributed by atoms with E-state index in [0.717, 1.165) is 9.85 Å². The molecule has 0 saturated carbocycles. The third-order valence-corrected chi connectivity index (χ3v) is 4.16. The Bertz CT molecular complexity index is 403. The predicted octanol–water partition coefficient (Wildman–Crippen LogP) is 5.44. The summed E-state index contributed by atoms with van der Waals surface area (Å²) in [4.78, 5) is 0. The molecule has 0 amide bonds. The maximum atomic E-state index is 11.8. The molecular weight excluding hydrogens is 377 g/mol. The van der Waals surface area contributed by atoms with Gasteiger partial charge in [0, 0.05) is 15.2 Å². The first-order valence-corrected chi connectivity index (χ1v) is 6.82. The zero-order valence-electron chi connectivity index (χ0n) is 6.94. The van der Waals surface area contributed by atoms with Gasteiger partial charge in [-0.1, -0.05) is 0 Å². The Kier molecular flexibility index (Phi) is 5.31. The fourth-order valence-electron chi connectivity index (χ4n) is 0.590. The van der Waals surface area contributed by atoms with Crippen molar-refractivity contribution in [3.05, 3.63) is 41.9 Å². The lowest BCUT2D eigenvalue weighted by molar-refractivity contribution is 0.467. The molecule has 0 aliphatic heterocycles. The van der Waals surface area contributed by atoms with Gasteiger partial charge in [-0.3, -0.25) is 0 Å². The number of hydrogen-bond acceptors (Lipinski definition) is 2. The highest BCUT2D eigenvalue weighted by molar-refractivity contribution is 9.11. The Morgan fingerprint density at radius 1 is 1.00 bits per heavy atom. The molecule has 2 rings (SSSR count). The molecule has 2 heterocycles. The SMILES string of the molecule is Brc1csc(Br)c1.Fc1csc(F)c1F. The molecule has 0 aromatic carbocycles. The van der Waals surface area contributed by atoms with Crippen LogP contribution in [0.25, 0.3) is 0 Å². The minimum atomic E-state index is -1.38. The van der Waals surface area contributed by atoms with E-state index in [1.807, 2.05) is 11.4 Å². The van der Waals surface area contributed by atoms with Gasteiger partial charge in [-0.05, 0) is 37.9 Å². The molecule has 0 aliphatic rings. The quantitative estimate of drug-likeness (QED) is 0.571. The van der Waals surface area contributed by atoms with E-state index in [9.17, 15) is 13.2 Å². The lowest BCUT2D eigenvalue weighted by Crippen LogP contribution is -1.74. The number of rotatable bonds is 0. The second-order valence-electron chi connectivity index (χ2n) is 2.24. The zero-order chi connectivity index (χ0) is 11.4. The van der Waals surface area contributed by atoms with Crippen molar-refractivity contribution in [1.29, 1.82) is 0 Å². The van der Waals surface area contributed by atoms with Crippen LogP contribution >= 0.6 is 54.5 Å². The molecule has 2 aromatic rings. The van der Waals surface area contributed by atoms with Gasteiger partial charge in [-0.2, -0.15) is 8.78 Å². The van der Waals surface area contributed by atoms with Crippen LogP contribution in [0, 0.1) is 16.8 Å². The maximum absolute atomic E-state index is 11.8. The molecule has 0 atom stereocenters. The van der Waals surface area contributed by atoms with Crippen LogP contribution in [0.15, 0.2) is 25.1 Å². The van der Waals surface area contributed by atoms with Crippen LogP contribution in [0.5, 0.6) is 0 Å². The lowest BCUT2D eigenvalue weighted by Gasteiger charge is -1.74. The van der Waals surface area contributed by atoms with Gasteiger partial charge in [0.05, 0.1) is 3.79 Å². The van der Waals surface area contributed by atoms with Crippen LogP contribution < -0.4 is 0 Å². The summed E-state index contributed by atoms with van der Waals surface area (Å²) >= 11 is 8.72. The molecule has 0 N–H and O–H groups in total. The van der Waals surface area contributed by atoms with Crippen LogP contribution in [0.4, 0.5) is 13.2 Å². The Labute approximate surface area is 109 Å². The summed E-state index contributed by atoms with van der Waals surface area (Å²) in [6.45, 7) is 0. The molecule has 0 saturated heterocycles. The summed E-state index contributed by atoms with van der Waals surface area (Å²) in [6, 6.07) is 2.02. The number of thiophene rings is 2. The topological polar surface area (TPSA) is 0 Å². The summed E-state index contributed by atoms with van der Waals surface area (Å²) in [7, 11) is 0. The highest BCUT2D eigenvalue weighted by Crippen LogP contribution is 2.24. The highest BCUT2D eigenvalue weighted by Gasteiger charge is 2.08. The molecule has 0 aliphatic carbocycles. The molecule has 0 fully saturated rings. The van der Waals surface area contributed by atoms with Gasteiger partial charge in [-0.25, -0.2) is 4.39 Å².